The molecule has 2 fully saturated rings. The summed E-state index contributed by atoms with van der Waals surface area (Å²) in [5, 5.41) is 6.78. The summed E-state index contributed by atoms with van der Waals surface area (Å²) >= 11 is 6.21. The average Bonchev–Trinajstić information content (AvgIpc) is 3.20. The molecule has 3 aliphatic heterocycles. The normalized spacial score (nSPS) is 31.8. The third-order valence-electron chi connectivity index (χ3n) is 6.16. The van der Waals surface area contributed by atoms with E-state index in [4.69, 9.17) is 11.6 Å². The Morgan fingerprint density at radius 2 is 1.96 bits per heavy atom. The van der Waals surface area contributed by atoms with Crippen molar-refractivity contribution in [2.24, 2.45) is 17.8 Å². The first-order chi connectivity index (χ1) is 12.8. The number of carbonyl (C=O) groups excluding carboxylic acids is 3. The van der Waals surface area contributed by atoms with Gasteiger partial charge in [-0.3, -0.25) is 24.6 Å². The molecule has 4 atom stereocenters. The summed E-state index contributed by atoms with van der Waals surface area (Å²) < 4.78 is 0. The van der Waals surface area contributed by atoms with Crippen LogP contribution >= 0.6 is 11.6 Å². The number of hydrogen-bond acceptors (Lipinski definition) is 4. The van der Waals surface area contributed by atoms with Crippen molar-refractivity contribution in [2.45, 2.75) is 45.2 Å². The average molecular weight is 390 g/mol. The van der Waals surface area contributed by atoms with Crippen LogP contribution in [0.2, 0.25) is 5.02 Å². The Balaban J connectivity index is 1.86. The van der Waals surface area contributed by atoms with E-state index in [1.54, 1.807) is 18.2 Å². The van der Waals surface area contributed by atoms with Gasteiger partial charge in [-0.2, -0.15) is 0 Å². The lowest BCUT2D eigenvalue weighted by molar-refractivity contribution is -0.143. The fraction of sp³-hybridized carbons (Fsp3) is 0.550. The van der Waals surface area contributed by atoms with Gasteiger partial charge in [0.1, 0.15) is 5.54 Å². The third-order valence-corrected chi connectivity index (χ3v) is 6.39. The van der Waals surface area contributed by atoms with Gasteiger partial charge in [-0.05, 0) is 30.5 Å². The predicted molar refractivity (Wildman–Crippen MR) is 102 cm³/mol. The number of amides is 3. The van der Waals surface area contributed by atoms with E-state index < -0.39 is 17.4 Å². The summed E-state index contributed by atoms with van der Waals surface area (Å²) in [6.45, 7) is 6.44. The second-order valence-electron chi connectivity index (χ2n) is 8.05. The Kier molecular flexibility index (Phi) is 4.31. The predicted octanol–water partition coefficient (Wildman–Crippen LogP) is 2.52. The van der Waals surface area contributed by atoms with Crippen molar-refractivity contribution >= 4 is 35.0 Å². The van der Waals surface area contributed by atoms with Gasteiger partial charge >= 0.3 is 0 Å². The first-order valence-corrected chi connectivity index (χ1v) is 9.95. The van der Waals surface area contributed by atoms with Gasteiger partial charge in [-0.25, -0.2) is 0 Å². The van der Waals surface area contributed by atoms with E-state index >= 15 is 0 Å². The molecule has 1 aromatic rings. The smallest absolute Gasteiger partial charge is 0.250 e. The maximum absolute atomic E-state index is 13.3. The van der Waals surface area contributed by atoms with Crippen molar-refractivity contribution in [2.75, 3.05) is 11.9 Å². The van der Waals surface area contributed by atoms with Gasteiger partial charge in [0.05, 0.1) is 11.8 Å². The van der Waals surface area contributed by atoms with Crippen LogP contribution in [0.1, 0.15) is 39.2 Å². The Hall–Kier alpha value is -1.92. The first-order valence-electron chi connectivity index (χ1n) is 9.57. The molecule has 27 heavy (non-hydrogen) atoms. The zero-order valence-electron chi connectivity index (χ0n) is 15.7. The molecule has 1 aromatic carbocycles. The maximum Gasteiger partial charge on any atom is 0.250 e. The zero-order valence-corrected chi connectivity index (χ0v) is 16.5. The Bertz CT molecular complexity index is 840. The van der Waals surface area contributed by atoms with Crippen LogP contribution in [0, 0.1) is 17.8 Å². The van der Waals surface area contributed by atoms with E-state index in [0.29, 0.717) is 22.8 Å². The summed E-state index contributed by atoms with van der Waals surface area (Å²) in [4.78, 5) is 41.0. The quantitative estimate of drug-likeness (QED) is 0.775. The van der Waals surface area contributed by atoms with Crippen LogP contribution in [0.25, 0.3) is 0 Å². The fourth-order valence-electron chi connectivity index (χ4n) is 4.88. The second-order valence-corrected chi connectivity index (χ2v) is 8.49. The van der Waals surface area contributed by atoms with Crippen LogP contribution in [0.3, 0.4) is 0 Å². The minimum atomic E-state index is -1.24. The molecule has 6 nitrogen and oxygen atoms in total. The topological polar surface area (TPSA) is 78.5 Å². The lowest BCUT2D eigenvalue weighted by atomic mass is 9.76. The van der Waals surface area contributed by atoms with E-state index in [1.165, 1.54) is 4.90 Å². The van der Waals surface area contributed by atoms with E-state index in [0.717, 1.165) is 12.8 Å². The van der Waals surface area contributed by atoms with Gasteiger partial charge in [0.2, 0.25) is 17.7 Å². The van der Waals surface area contributed by atoms with Crippen LogP contribution in [0.15, 0.2) is 18.2 Å². The number of anilines is 1. The number of nitrogens with zero attached hydrogens (tertiary/aromatic N) is 1. The second kappa shape index (κ2) is 6.31. The van der Waals surface area contributed by atoms with Gasteiger partial charge in [0, 0.05) is 28.9 Å². The highest BCUT2D eigenvalue weighted by Gasteiger charge is 2.70. The number of unbranched alkanes of at least 4 members (excludes halogenated alkanes) is 1. The number of halogens is 1. The molecular formula is C20H24ClN3O3. The summed E-state index contributed by atoms with van der Waals surface area (Å²) in [7, 11) is 0. The summed E-state index contributed by atoms with van der Waals surface area (Å²) in [6.07, 6.45) is 1.65. The Morgan fingerprint density at radius 1 is 1.22 bits per heavy atom. The molecule has 0 radical (unpaired) electrons. The van der Waals surface area contributed by atoms with Crippen LogP contribution < -0.4 is 10.6 Å². The molecule has 0 saturated carbocycles. The van der Waals surface area contributed by atoms with Crippen molar-refractivity contribution < 1.29 is 14.4 Å². The molecule has 3 amide bonds. The highest BCUT2D eigenvalue weighted by Crippen LogP contribution is 2.54. The molecule has 0 bridgehead atoms. The first kappa shape index (κ1) is 18.4. The Morgan fingerprint density at radius 3 is 2.63 bits per heavy atom. The third kappa shape index (κ3) is 2.39. The standard InChI is InChI=1S/C20H24ClN3O3/c1-4-5-8-24-17(25)14-15(18(24)26)20(23-16(14)10(2)3)12-9-11(21)6-7-13(12)22-19(20)27/h6-7,9-10,14-16,23H,4-5,8H2,1-3H3,(H,22,27)/t14-,15-,16-,20-/m0/s1. The summed E-state index contributed by atoms with van der Waals surface area (Å²) in [6, 6.07) is 4.93. The number of benzene rings is 1. The number of likely N-dealkylation sites (tertiary alicyclic amines) is 1. The molecule has 0 unspecified atom stereocenters. The van der Waals surface area contributed by atoms with Gasteiger partial charge in [-0.15, -0.1) is 0 Å². The number of hydrogen-bond donors (Lipinski definition) is 2. The summed E-state index contributed by atoms with van der Waals surface area (Å²) in [5.74, 6) is -1.88. The number of nitrogens with one attached hydrogen (secondary N) is 2. The van der Waals surface area contributed by atoms with Crippen molar-refractivity contribution in [3.05, 3.63) is 28.8 Å². The van der Waals surface area contributed by atoms with Crippen molar-refractivity contribution in [1.82, 2.24) is 10.2 Å². The molecule has 4 rings (SSSR count). The molecule has 3 heterocycles. The van der Waals surface area contributed by atoms with Crippen LogP contribution in [-0.4, -0.2) is 35.2 Å². The van der Waals surface area contributed by atoms with Gasteiger partial charge in [0.25, 0.3) is 0 Å². The van der Waals surface area contributed by atoms with Crippen LogP contribution in [0.4, 0.5) is 5.69 Å². The maximum atomic E-state index is 13.3. The number of imide groups is 1. The largest absolute Gasteiger partial charge is 0.324 e. The Labute approximate surface area is 163 Å². The lowest BCUT2D eigenvalue weighted by Crippen LogP contribution is -2.54. The molecule has 1 spiro atoms. The minimum absolute atomic E-state index is 0.0933. The number of carbonyl (C=O) groups is 3. The SMILES string of the molecule is CCCCN1C(=O)[C@H]2[C@@H](C1=O)[C@]1(N[C@H]2C(C)C)C(=O)Nc2ccc(Cl)cc21. The summed E-state index contributed by atoms with van der Waals surface area (Å²) in [5.41, 5.74) is 0.0667. The molecule has 0 aliphatic carbocycles. The lowest BCUT2D eigenvalue weighted by Gasteiger charge is -2.30. The molecule has 144 valence electrons. The highest BCUT2D eigenvalue weighted by atomic mass is 35.5. The van der Waals surface area contributed by atoms with E-state index in [-0.39, 0.29) is 29.7 Å². The minimum Gasteiger partial charge on any atom is -0.324 e. The van der Waals surface area contributed by atoms with Crippen LogP contribution in [-0.2, 0) is 19.9 Å². The molecular weight excluding hydrogens is 366 g/mol. The van der Waals surface area contributed by atoms with E-state index in [2.05, 4.69) is 10.6 Å². The number of rotatable bonds is 4. The van der Waals surface area contributed by atoms with Gasteiger partial charge in [0.15, 0.2) is 0 Å². The van der Waals surface area contributed by atoms with Crippen molar-refractivity contribution in [3.63, 3.8) is 0 Å². The highest BCUT2D eigenvalue weighted by molar-refractivity contribution is 6.31. The van der Waals surface area contributed by atoms with E-state index in [1.807, 2.05) is 20.8 Å². The molecule has 7 heteroatoms. The van der Waals surface area contributed by atoms with Gasteiger partial charge in [-0.1, -0.05) is 38.8 Å². The molecule has 2 N–H and O–H groups in total. The van der Waals surface area contributed by atoms with Crippen LogP contribution in [0.5, 0.6) is 0 Å². The van der Waals surface area contributed by atoms with Crippen molar-refractivity contribution in [3.8, 4) is 0 Å². The monoisotopic (exact) mass is 389 g/mol. The van der Waals surface area contributed by atoms with Gasteiger partial charge < -0.3 is 5.32 Å². The van der Waals surface area contributed by atoms with Crippen molar-refractivity contribution in [1.29, 1.82) is 0 Å². The number of fused-ring (bicyclic) bond motifs is 4. The fourth-order valence-corrected chi connectivity index (χ4v) is 5.05. The van der Waals surface area contributed by atoms with E-state index in [9.17, 15) is 14.4 Å². The molecule has 2 saturated heterocycles. The molecule has 0 aromatic heterocycles. The molecule has 3 aliphatic rings. The zero-order chi connectivity index (χ0) is 19.5.